The Kier molecular flexibility index (Phi) is 3.79. The summed E-state index contributed by atoms with van der Waals surface area (Å²) in [5.74, 6) is 3.97. The molecule has 1 saturated heterocycles. The molecule has 3 heteroatoms. The van der Waals surface area contributed by atoms with E-state index >= 15 is 0 Å². The predicted molar refractivity (Wildman–Crippen MR) is 97.3 cm³/mol. The minimum atomic E-state index is 0.0157. The van der Waals surface area contributed by atoms with E-state index in [0.717, 1.165) is 49.4 Å². The minimum absolute atomic E-state index is 0.0157. The van der Waals surface area contributed by atoms with Gasteiger partial charge in [-0.2, -0.15) is 0 Å². The molecule has 0 unspecified atom stereocenters. The third-order valence-corrected chi connectivity index (χ3v) is 7.27. The van der Waals surface area contributed by atoms with Crippen LogP contribution in [0.25, 0.3) is 0 Å². The number of carbonyl (C=O) groups excluding carboxylic acids is 1. The lowest BCUT2D eigenvalue weighted by molar-refractivity contribution is -0.159. The summed E-state index contributed by atoms with van der Waals surface area (Å²) in [6.45, 7) is 1.75. The number of nitrogens with zero attached hydrogens (tertiary/aromatic N) is 1. The van der Waals surface area contributed by atoms with Gasteiger partial charge >= 0.3 is 0 Å². The second-order valence-corrected chi connectivity index (χ2v) is 9.12. The molecule has 1 aromatic rings. The number of rotatable bonds is 3. The minimum Gasteiger partial charge on any atom is -0.490 e. The number of ether oxygens (including phenoxy) is 1. The van der Waals surface area contributed by atoms with Gasteiger partial charge in [-0.15, -0.1) is 0 Å². The van der Waals surface area contributed by atoms with Gasteiger partial charge in [0.25, 0.3) is 0 Å². The fourth-order valence-corrected chi connectivity index (χ4v) is 6.58. The van der Waals surface area contributed by atoms with E-state index in [9.17, 15) is 4.79 Å². The third-order valence-electron chi connectivity index (χ3n) is 7.27. The predicted octanol–water partition coefficient (Wildman–Crippen LogP) is 4.27. The molecule has 6 rings (SSSR count). The monoisotopic (exact) mass is 339 g/mol. The lowest BCUT2D eigenvalue weighted by Gasteiger charge is -2.57. The first-order chi connectivity index (χ1) is 12.2. The van der Waals surface area contributed by atoms with Gasteiger partial charge in [-0.1, -0.05) is 18.2 Å². The molecule has 4 aliphatic carbocycles. The average molecular weight is 339 g/mol. The number of para-hydroxylation sites is 1. The molecule has 0 radical (unpaired) electrons. The van der Waals surface area contributed by atoms with Gasteiger partial charge < -0.3 is 9.64 Å². The van der Waals surface area contributed by atoms with Crippen molar-refractivity contribution in [2.45, 2.75) is 57.5 Å². The van der Waals surface area contributed by atoms with Crippen molar-refractivity contribution in [3.05, 3.63) is 30.3 Å². The van der Waals surface area contributed by atoms with Crippen molar-refractivity contribution < 1.29 is 9.53 Å². The van der Waals surface area contributed by atoms with E-state index < -0.39 is 0 Å². The fraction of sp³-hybridized carbons (Fsp3) is 0.682. The van der Waals surface area contributed by atoms with E-state index in [1.54, 1.807) is 0 Å². The number of hydrogen-bond acceptors (Lipinski definition) is 2. The van der Waals surface area contributed by atoms with Gasteiger partial charge in [-0.05, 0) is 68.4 Å². The maximum atomic E-state index is 13.4. The van der Waals surface area contributed by atoms with Crippen LogP contribution in [-0.4, -0.2) is 30.0 Å². The SMILES string of the molecule is O=C(N1CCC(Oc2ccccc2)CC1)C12CC3CC(CC(C3)C1)C2. The highest BCUT2D eigenvalue weighted by atomic mass is 16.5. The molecule has 1 aromatic carbocycles. The molecule has 5 aliphatic rings. The van der Waals surface area contributed by atoms with Gasteiger partial charge in [0.15, 0.2) is 0 Å². The fourth-order valence-electron chi connectivity index (χ4n) is 6.58. The number of amides is 1. The van der Waals surface area contributed by atoms with E-state index in [-0.39, 0.29) is 11.5 Å². The van der Waals surface area contributed by atoms with Crippen molar-refractivity contribution in [2.24, 2.45) is 23.2 Å². The van der Waals surface area contributed by atoms with Crippen molar-refractivity contribution in [3.8, 4) is 5.75 Å². The van der Waals surface area contributed by atoms with Gasteiger partial charge in [-0.25, -0.2) is 0 Å². The van der Waals surface area contributed by atoms with Crippen LogP contribution in [0.4, 0.5) is 0 Å². The zero-order valence-electron chi connectivity index (χ0n) is 15.0. The molecule has 1 heterocycles. The molecular formula is C22H29NO2. The molecule has 1 aliphatic heterocycles. The number of carbonyl (C=O) groups is 1. The molecule has 25 heavy (non-hydrogen) atoms. The molecule has 134 valence electrons. The quantitative estimate of drug-likeness (QED) is 0.823. The zero-order chi connectivity index (χ0) is 16.9. The van der Waals surface area contributed by atoms with Gasteiger partial charge in [-0.3, -0.25) is 4.79 Å². The van der Waals surface area contributed by atoms with E-state index in [0.29, 0.717) is 5.91 Å². The summed E-state index contributed by atoms with van der Waals surface area (Å²) in [6.07, 6.45) is 9.93. The first-order valence-corrected chi connectivity index (χ1v) is 10.2. The zero-order valence-corrected chi connectivity index (χ0v) is 15.0. The highest BCUT2D eigenvalue weighted by Crippen LogP contribution is 2.60. The van der Waals surface area contributed by atoms with Crippen molar-refractivity contribution in [1.29, 1.82) is 0 Å². The van der Waals surface area contributed by atoms with Gasteiger partial charge in [0.2, 0.25) is 5.91 Å². The van der Waals surface area contributed by atoms with Crippen LogP contribution in [0, 0.1) is 23.2 Å². The Labute approximate surface area is 150 Å². The molecule has 0 aromatic heterocycles. The Morgan fingerprint density at radius 2 is 1.48 bits per heavy atom. The smallest absolute Gasteiger partial charge is 0.228 e. The summed E-state index contributed by atoms with van der Waals surface area (Å²) in [5.41, 5.74) is 0.0157. The second kappa shape index (κ2) is 6.03. The Hall–Kier alpha value is -1.51. The summed E-state index contributed by atoms with van der Waals surface area (Å²) < 4.78 is 6.09. The van der Waals surface area contributed by atoms with Crippen molar-refractivity contribution in [1.82, 2.24) is 4.90 Å². The number of likely N-dealkylation sites (tertiary alicyclic amines) is 1. The van der Waals surface area contributed by atoms with Crippen LogP contribution in [0.1, 0.15) is 51.4 Å². The summed E-state index contributed by atoms with van der Waals surface area (Å²) in [7, 11) is 0. The number of hydrogen-bond donors (Lipinski definition) is 0. The van der Waals surface area contributed by atoms with Crippen molar-refractivity contribution in [2.75, 3.05) is 13.1 Å². The topological polar surface area (TPSA) is 29.5 Å². The Morgan fingerprint density at radius 3 is 2.04 bits per heavy atom. The normalized spacial score (nSPS) is 37.3. The van der Waals surface area contributed by atoms with Gasteiger partial charge in [0.05, 0.1) is 5.41 Å². The standard InChI is InChI=1S/C22H29NO2/c24-21(22-13-16-10-17(14-22)12-18(11-16)15-22)23-8-6-20(7-9-23)25-19-4-2-1-3-5-19/h1-5,16-18,20H,6-15H2. The largest absolute Gasteiger partial charge is 0.490 e. The van der Waals surface area contributed by atoms with Crippen LogP contribution in [0.2, 0.25) is 0 Å². The molecule has 1 amide bonds. The first-order valence-electron chi connectivity index (χ1n) is 10.2. The highest BCUT2D eigenvalue weighted by Gasteiger charge is 2.55. The molecular weight excluding hydrogens is 310 g/mol. The van der Waals surface area contributed by atoms with E-state index in [4.69, 9.17) is 4.74 Å². The van der Waals surface area contributed by atoms with Crippen LogP contribution in [0.5, 0.6) is 5.75 Å². The molecule has 0 atom stereocenters. The maximum absolute atomic E-state index is 13.4. The van der Waals surface area contributed by atoms with E-state index in [1.807, 2.05) is 30.3 Å². The molecule has 0 N–H and O–H groups in total. The van der Waals surface area contributed by atoms with Gasteiger partial charge in [0, 0.05) is 25.9 Å². The average Bonchev–Trinajstić information content (AvgIpc) is 2.61. The third kappa shape index (κ3) is 2.86. The Morgan fingerprint density at radius 1 is 0.920 bits per heavy atom. The van der Waals surface area contributed by atoms with E-state index in [1.165, 1.54) is 38.5 Å². The van der Waals surface area contributed by atoms with E-state index in [2.05, 4.69) is 4.90 Å². The molecule has 4 saturated carbocycles. The van der Waals surface area contributed by atoms with Crippen LogP contribution in [-0.2, 0) is 4.79 Å². The molecule has 3 nitrogen and oxygen atoms in total. The van der Waals surface area contributed by atoms with Gasteiger partial charge in [0.1, 0.15) is 11.9 Å². The number of piperidine rings is 1. The second-order valence-electron chi connectivity index (χ2n) is 9.12. The number of benzene rings is 1. The highest BCUT2D eigenvalue weighted by molar-refractivity contribution is 5.83. The molecule has 4 bridgehead atoms. The van der Waals surface area contributed by atoms with Crippen LogP contribution >= 0.6 is 0 Å². The molecule has 0 spiro atoms. The summed E-state index contributed by atoms with van der Waals surface area (Å²) >= 11 is 0. The van der Waals surface area contributed by atoms with Crippen LogP contribution < -0.4 is 4.74 Å². The summed E-state index contributed by atoms with van der Waals surface area (Å²) in [6, 6.07) is 10.1. The Bertz CT molecular complexity index is 597. The van der Waals surface area contributed by atoms with Crippen LogP contribution in [0.3, 0.4) is 0 Å². The van der Waals surface area contributed by atoms with Crippen molar-refractivity contribution in [3.63, 3.8) is 0 Å². The van der Waals surface area contributed by atoms with Crippen molar-refractivity contribution >= 4 is 5.91 Å². The van der Waals surface area contributed by atoms with Crippen LogP contribution in [0.15, 0.2) is 30.3 Å². The first kappa shape index (κ1) is 15.7. The summed E-state index contributed by atoms with van der Waals surface area (Å²) in [5, 5.41) is 0. The Balaban J connectivity index is 1.22. The maximum Gasteiger partial charge on any atom is 0.228 e. The summed E-state index contributed by atoms with van der Waals surface area (Å²) in [4.78, 5) is 15.6. The lowest BCUT2D eigenvalue weighted by atomic mass is 9.49. The molecule has 5 fully saturated rings. The lowest BCUT2D eigenvalue weighted by Crippen LogP contribution is -2.56.